The van der Waals surface area contributed by atoms with Crippen LogP contribution in [0.4, 0.5) is 4.79 Å². The molecule has 3 unspecified atom stereocenters. The van der Waals surface area contributed by atoms with Crippen LogP contribution in [-0.4, -0.2) is 55.0 Å². The predicted octanol–water partition coefficient (Wildman–Crippen LogP) is 2.79. The number of nitrogens with one attached hydrogen (secondary N) is 1. The minimum Gasteiger partial charge on any atom is -0.444 e. The number of hydrogen-bond donors (Lipinski definition) is 1. The minimum atomic E-state index is -0.434. The highest BCUT2D eigenvalue weighted by atomic mass is 16.6. The number of likely N-dealkylation sites (tertiary alicyclic amines) is 1. The quantitative estimate of drug-likeness (QED) is 0.870. The number of hydrogen-bond acceptors (Lipinski definition) is 4. The van der Waals surface area contributed by atoms with Crippen molar-refractivity contribution in [1.82, 2.24) is 10.2 Å². The van der Waals surface area contributed by atoms with Gasteiger partial charge in [-0.1, -0.05) is 0 Å². The molecule has 128 valence electrons. The Balaban J connectivity index is 1.83. The standard InChI is InChI=1S/C17H32N2O3/c1-13-15(18-11-14-7-6-10-21-12-14)8-5-9-19(13)16(20)22-17(2,3)4/h13-15,18H,5-12H2,1-4H3. The maximum absolute atomic E-state index is 12.3. The van der Waals surface area contributed by atoms with E-state index in [9.17, 15) is 4.79 Å². The van der Waals surface area contributed by atoms with E-state index in [2.05, 4.69) is 12.2 Å². The molecule has 2 heterocycles. The molecule has 2 aliphatic rings. The first-order valence-electron chi connectivity index (χ1n) is 8.67. The van der Waals surface area contributed by atoms with Gasteiger partial charge in [-0.15, -0.1) is 0 Å². The summed E-state index contributed by atoms with van der Waals surface area (Å²) in [4.78, 5) is 14.2. The maximum atomic E-state index is 12.3. The largest absolute Gasteiger partial charge is 0.444 e. The van der Waals surface area contributed by atoms with Gasteiger partial charge in [-0.2, -0.15) is 0 Å². The number of amides is 1. The summed E-state index contributed by atoms with van der Waals surface area (Å²) >= 11 is 0. The molecule has 22 heavy (non-hydrogen) atoms. The van der Waals surface area contributed by atoms with Crippen molar-refractivity contribution in [2.75, 3.05) is 26.3 Å². The van der Waals surface area contributed by atoms with Crippen LogP contribution in [-0.2, 0) is 9.47 Å². The normalized spacial score (nSPS) is 30.2. The molecule has 0 aliphatic carbocycles. The molecule has 5 heteroatoms. The molecule has 0 aromatic carbocycles. The topological polar surface area (TPSA) is 50.8 Å². The lowest BCUT2D eigenvalue weighted by Gasteiger charge is -2.40. The average molecular weight is 312 g/mol. The van der Waals surface area contributed by atoms with Crippen molar-refractivity contribution < 1.29 is 14.3 Å². The molecule has 1 N–H and O–H groups in total. The van der Waals surface area contributed by atoms with Gasteiger partial charge in [0.2, 0.25) is 0 Å². The zero-order valence-corrected chi connectivity index (χ0v) is 14.6. The highest BCUT2D eigenvalue weighted by Crippen LogP contribution is 2.21. The SMILES string of the molecule is CC1C(NCC2CCCOC2)CCCN1C(=O)OC(C)(C)C. The zero-order chi connectivity index (χ0) is 16.2. The van der Waals surface area contributed by atoms with E-state index >= 15 is 0 Å². The van der Waals surface area contributed by atoms with Crippen molar-refractivity contribution in [3.05, 3.63) is 0 Å². The Morgan fingerprint density at radius 3 is 2.73 bits per heavy atom. The second-order valence-electron chi connectivity index (χ2n) is 7.65. The van der Waals surface area contributed by atoms with Crippen LogP contribution in [0.2, 0.25) is 0 Å². The van der Waals surface area contributed by atoms with E-state index in [1.165, 1.54) is 6.42 Å². The highest BCUT2D eigenvalue weighted by molar-refractivity contribution is 5.68. The lowest BCUT2D eigenvalue weighted by Crippen LogP contribution is -2.56. The van der Waals surface area contributed by atoms with Gasteiger partial charge in [-0.25, -0.2) is 4.79 Å². The van der Waals surface area contributed by atoms with E-state index in [0.717, 1.165) is 45.6 Å². The predicted molar refractivity (Wildman–Crippen MR) is 87.0 cm³/mol. The van der Waals surface area contributed by atoms with Gasteiger partial charge in [0.1, 0.15) is 5.60 Å². The number of piperidine rings is 1. The summed E-state index contributed by atoms with van der Waals surface area (Å²) in [6, 6.07) is 0.524. The van der Waals surface area contributed by atoms with Crippen molar-refractivity contribution >= 4 is 6.09 Å². The Bertz CT molecular complexity index is 361. The molecule has 0 bridgehead atoms. The van der Waals surface area contributed by atoms with Gasteiger partial charge in [-0.3, -0.25) is 0 Å². The van der Waals surface area contributed by atoms with Gasteiger partial charge in [-0.05, 0) is 59.3 Å². The summed E-state index contributed by atoms with van der Waals surface area (Å²) < 4.78 is 11.1. The first kappa shape index (κ1) is 17.5. The lowest BCUT2D eigenvalue weighted by molar-refractivity contribution is 0.00558. The highest BCUT2D eigenvalue weighted by Gasteiger charge is 2.33. The zero-order valence-electron chi connectivity index (χ0n) is 14.6. The van der Waals surface area contributed by atoms with Crippen LogP contribution in [0, 0.1) is 5.92 Å². The molecule has 2 fully saturated rings. The summed E-state index contributed by atoms with van der Waals surface area (Å²) in [5.74, 6) is 0.609. The van der Waals surface area contributed by atoms with Crippen LogP contribution in [0.15, 0.2) is 0 Å². The summed E-state index contributed by atoms with van der Waals surface area (Å²) in [5, 5.41) is 3.66. The molecule has 2 aliphatic heterocycles. The summed E-state index contributed by atoms with van der Waals surface area (Å²) in [6.07, 6.45) is 4.37. The van der Waals surface area contributed by atoms with Crippen LogP contribution in [0.5, 0.6) is 0 Å². The molecular formula is C17H32N2O3. The van der Waals surface area contributed by atoms with Gasteiger partial charge in [0.25, 0.3) is 0 Å². The van der Waals surface area contributed by atoms with E-state index in [-0.39, 0.29) is 12.1 Å². The lowest BCUT2D eigenvalue weighted by atomic mass is 9.96. The Kier molecular flexibility index (Phi) is 6.09. The van der Waals surface area contributed by atoms with Gasteiger partial charge in [0, 0.05) is 31.8 Å². The first-order chi connectivity index (χ1) is 10.4. The van der Waals surface area contributed by atoms with Crippen molar-refractivity contribution in [3.63, 3.8) is 0 Å². The Morgan fingerprint density at radius 1 is 1.32 bits per heavy atom. The van der Waals surface area contributed by atoms with Crippen LogP contribution in [0.1, 0.15) is 53.4 Å². The maximum Gasteiger partial charge on any atom is 0.410 e. The molecule has 2 saturated heterocycles. The van der Waals surface area contributed by atoms with E-state index in [1.807, 2.05) is 25.7 Å². The smallest absolute Gasteiger partial charge is 0.410 e. The molecular weight excluding hydrogens is 280 g/mol. The fourth-order valence-corrected chi connectivity index (χ4v) is 3.28. The van der Waals surface area contributed by atoms with Crippen LogP contribution in [0.25, 0.3) is 0 Å². The summed E-state index contributed by atoms with van der Waals surface area (Å²) in [5.41, 5.74) is -0.434. The minimum absolute atomic E-state index is 0.174. The summed E-state index contributed by atoms with van der Waals surface area (Å²) in [7, 11) is 0. The fraction of sp³-hybridized carbons (Fsp3) is 0.941. The van der Waals surface area contributed by atoms with Crippen molar-refractivity contribution in [2.24, 2.45) is 5.92 Å². The molecule has 3 atom stereocenters. The van der Waals surface area contributed by atoms with Crippen LogP contribution in [0.3, 0.4) is 0 Å². The van der Waals surface area contributed by atoms with Gasteiger partial charge >= 0.3 is 6.09 Å². The molecule has 1 amide bonds. The third-order valence-corrected chi connectivity index (χ3v) is 4.54. The van der Waals surface area contributed by atoms with Gasteiger partial charge in [0.15, 0.2) is 0 Å². The monoisotopic (exact) mass is 312 g/mol. The molecule has 2 rings (SSSR count). The van der Waals surface area contributed by atoms with Crippen molar-refractivity contribution in [1.29, 1.82) is 0 Å². The molecule has 0 saturated carbocycles. The average Bonchev–Trinajstić information content (AvgIpc) is 2.45. The second-order valence-corrected chi connectivity index (χ2v) is 7.65. The van der Waals surface area contributed by atoms with E-state index in [4.69, 9.17) is 9.47 Å². The molecule has 0 radical (unpaired) electrons. The molecule has 0 spiro atoms. The van der Waals surface area contributed by atoms with Crippen molar-refractivity contribution in [2.45, 2.75) is 71.1 Å². The van der Waals surface area contributed by atoms with E-state index in [0.29, 0.717) is 12.0 Å². The third kappa shape index (κ3) is 5.13. The molecule has 0 aromatic heterocycles. The van der Waals surface area contributed by atoms with Crippen molar-refractivity contribution in [3.8, 4) is 0 Å². The Morgan fingerprint density at radius 2 is 2.09 bits per heavy atom. The Hall–Kier alpha value is -0.810. The number of carbonyl (C=O) groups excluding carboxylic acids is 1. The number of nitrogens with zero attached hydrogens (tertiary/aromatic N) is 1. The van der Waals surface area contributed by atoms with Gasteiger partial charge in [0.05, 0.1) is 6.61 Å². The van der Waals surface area contributed by atoms with Gasteiger partial charge < -0.3 is 19.7 Å². The number of rotatable bonds is 3. The molecule has 0 aromatic rings. The van der Waals surface area contributed by atoms with Crippen LogP contribution < -0.4 is 5.32 Å². The van der Waals surface area contributed by atoms with E-state index < -0.39 is 5.60 Å². The number of carbonyl (C=O) groups is 1. The third-order valence-electron chi connectivity index (χ3n) is 4.54. The molecule has 5 nitrogen and oxygen atoms in total. The first-order valence-corrected chi connectivity index (χ1v) is 8.67. The fourth-order valence-electron chi connectivity index (χ4n) is 3.28. The summed E-state index contributed by atoms with van der Waals surface area (Å²) in [6.45, 7) is 11.4. The van der Waals surface area contributed by atoms with E-state index in [1.54, 1.807) is 0 Å². The number of ether oxygens (including phenoxy) is 2. The Labute approximate surface area is 134 Å². The second kappa shape index (κ2) is 7.64. The van der Waals surface area contributed by atoms with Crippen LogP contribution >= 0.6 is 0 Å².